The smallest absolute Gasteiger partial charge is 0.258 e. The molecule has 1 aromatic heterocycles. The van der Waals surface area contributed by atoms with Crippen LogP contribution in [0.5, 0.6) is 0 Å². The van der Waals surface area contributed by atoms with E-state index in [1.165, 1.54) is 0 Å². The van der Waals surface area contributed by atoms with Crippen LogP contribution in [-0.4, -0.2) is 9.91 Å². The summed E-state index contributed by atoms with van der Waals surface area (Å²) in [5, 5.41) is 11.0. The average Bonchev–Trinajstić information content (AvgIpc) is 3.00. The standard InChI is InChI=1S/C11H14N2O2/c1-2-3-9-6-7-12-10(8-4-5-8)11(9)13(14)15/h6-8H,2-5H2,1H3. The van der Waals surface area contributed by atoms with Crippen molar-refractivity contribution in [1.29, 1.82) is 0 Å². The highest BCUT2D eigenvalue weighted by molar-refractivity contribution is 5.46. The first-order valence-electron chi connectivity index (χ1n) is 5.36. The molecule has 0 radical (unpaired) electrons. The third kappa shape index (κ3) is 1.98. The van der Waals surface area contributed by atoms with Crippen LogP contribution in [0.4, 0.5) is 5.69 Å². The van der Waals surface area contributed by atoms with Gasteiger partial charge in [0.1, 0.15) is 5.69 Å². The van der Waals surface area contributed by atoms with Crippen LogP contribution in [0.3, 0.4) is 0 Å². The Morgan fingerprint density at radius 3 is 2.87 bits per heavy atom. The molecule has 0 atom stereocenters. The summed E-state index contributed by atoms with van der Waals surface area (Å²) in [6.07, 6.45) is 5.48. The molecule has 1 aliphatic rings. The molecule has 0 aliphatic heterocycles. The van der Waals surface area contributed by atoms with Crippen LogP contribution in [0.2, 0.25) is 0 Å². The summed E-state index contributed by atoms with van der Waals surface area (Å²) in [5.74, 6) is 0.335. The number of rotatable bonds is 4. The molecule has 0 spiro atoms. The predicted octanol–water partition coefficient (Wildman–Crippen LogP) is 2.82. The van der Waals surface area contributed by atoms with Gasteiger partial charge in [0.15, 0.2) is 0 Å². The normalized spacial score (nSPS) is 15.3. The quantitative estimate of drug-likeness (QED) is 0.562. The van der Waals surface area contributed by atoms with Gasteiger partial charge < -0.3 is 0 Å². The highest BCUT2D eigenvalue weighted by Crippen LogP contribution is 2.43. The second-order valence-electron chi connectivity index (χ2n) is 3.99. The molecule has 0 bridgehead atoms. The van der Waals surface area contributed by atoms with Crippen LogP contribution in [0.25, 0.3) is 0 Å². The van der Waals surface area contributed by atoms with Crippen molar-refractivity contribution in [2.24, 2.45) is 0 Å². The largest absolute Gasteiger partial charge is 0.294 e. The highest BCUT2D eigenvalue weighted by atomic mass is 16.6. The number of pyridine rings is 1. The fraction of sp³-hybridized carbons (Fsp3) is 0.545. The molecule has 4 heteroatoms. The fourth-order valence-corrected chi connectivity index (χ4v) is 1.85. The van der Waals surface area contributed by atoms with Crippen LogP contribution < -0.4 is 0 Å². The second-order valence-corrected chi connectivity index (χ2v) is 3.99. The van der Waals surface area contributed by atoms with Gasteiger partial charge in [-0.3, -0.25) is 15.1 Å². The topological polar surface area (TPSA) is 56.0 Å². The van der Waals surface area contributed by atoms with Gasteiger partial charge in [-0.1, -0.05) is 13.3 Å². The van der Waals surface area contributed by atoms with E-state index >= 15 is 0 Å². The van der Waals surface area contributed by atoms with Crippen molar-refractivity contribution < 1.29 is 4.92 Å². The van der Waals surface area contributed by atoms with Gasteiger partial charge in [-0.2, -0.15) is 0 Å². The minimum Gasteiger partial charge on any atom is -0.258 e. The van der Waals surface area contributed by atoms with E-state index in [2.05, 4.69) is 4.98 Å². The Balaban J connectivity index is 2.44. The number of hydrogen-bond donors (Lipinski definition) is 0. The SMILES string of the molecule is CCCc1ccnc(C2CC2)c1[N+](=O)[O-]. The maximum atomic E-state index is 11.0. The zero-order valence-corrected chi connectivity index (χ0v) is 8.77. The van der Waals surface area contributed by atoms with Crippen molar-refractivity contribution in [2.75, 3.05) is 0 Å². The van der Waals surface area contributed by atoms with Gasteiger partial charge >= 0.3 is 0 Å². The van der Waals surface area contributed by atoms with Crippen LogP contribution in [0, 0.1) is 10.1 Å². The monoisotopic (exact) mass is 206 g/mol. The molecular formula is C11H14N2O2. The van der Waals surface area contributed by atoms with Gasteiger partial charge in [0.25, 0.3) is 5.69 Å². The molecule has 1 saturated carbocycles. The van der Waals surface area contributed by atoms with E-state index in [-0.39, 0.29) is 10.6 Å². The Labute approximate surface area is 88.5 Å². The molecule has 0 aromatic carbocycles. The lowest BCUT2D eigenvalue weighted by Crippen LogP contribution is -2.02. The van der Waals surface area contributed by atoms with Gasteiger partial charge in [-0.25, -0.2) is 0 Å². The van der Waals surface area contributed by atoms with Crippen molar-refractivity contribution in [3.8, 4) is 0 Å². The molecule has 0 saturated heterocycles. The summed E-state index contributed by atoms with van der Waals surface area (Å²) in [4.78, 5) is 14.9. The molecule has 1 fully saturated rings. The molecule has 80 valence electrons. The number of nitrogens with zero attached hydrogens (tertiary/aromatic N) is 2. The van der Waals surface area contributed by atoms with Crippen LogP contribution >= 0.6 is 0 Å². The summed E-state index contributed by atoms with van der Waals surface area (Å²) in [6.45, 7) is 2.03. The van der Waals surface area contributed by atoms with Gasteiger partial charge in [-0.15, -0.1) is 0 Å². The summed E-state index contributed by atoms with van der Waals surface area (Å²) in [6, 6.07) is 1.77. The molecular weight excluding hydrogens is 192 g/mol. The lowest BCUT2D eigenvalue weighted by Gasteiger charge is -2.04. The number of aryl methyl sites for hydroxylation is 1. The Morgan fingerprint density at radius 2 is 2.33 bits per heavy atom. The van der Waals surface area contributed by atoms with E-state index in [1.54, 1.807) is 12.3 Å². The van der Waals surface area contributed by atoms with E-state index in [1.807, 2.05) is 6.92 Å². The molecule has 0 amide bonds. The number of aromatic nitrogens is 1. The Bertz CT molecular complexity index is 386. The van der Waals surface area contributed by atoms with Crippen molar-refractivity contribution in [1.82, 2.24) is 4.98 Å². The Hall–Kier alpha value is -1.45. The van der Waals surface area contributed by atoms with Crippen molar-refractivity contribution in [3.63, 3.8) is 0 Å². The maximum absolute atomic E-state index is 11.0. The van der Waals surface area contributed by atoms with Crippen LogP contribution in [0.1, 0.15) is 43.4 Å². The van der Waals surface area contributed by atoms with Crippen LogP contribution in [-0.2, 0) is 6.42 Å². The van der Waals surface area contributed by atoms with Crippen molar-refractivity contribution in [3.05, 3.63) is 33.6 Å². The molecule has 4 nitrogen and oxygen atoms in total. The molecule has 1 aliphatic carbocycles. The van der Waals surface area contributed by atoms with E-state index < -0.39 is 0 Å². The zero-order valence-electron chi connectivity index (χ0n) is 8.77. The second kappa shape index (κ2) is 3.96. The number of nitro groups is 1. The highest BCUT2D eigenvalue weighted by Gasteiger charge is 2.33. The summed E-state index contributed by atoms with van der Waals surface area (Å²) >= 11 is 0. The van der Waals surface area contributed by atoms with E-state index in [9.17, 15) is 10.1 Å². The van der Waals surface area contributed by atoms with Gasteiger partial charge in [0, 0.05) is 17.7 Å². The molecule has 1 heterocycles. The van der Waals surface area contributed by atoms with Gasteiger partial charge in [0.2, 0.25) is 0 Å². The van der Waals surface area contributed by atoms with E-state index in [0.717, 1.165) is 31.2 Å². The summed E-state index contributed by atoms with van der Waals surface area (Å²) < 4.78 is 0. The first kappa shape index (κ1) is 10.1. The first-order chi connectivity index (χ1) is 7.24. The lowest BCUT2D eigenvalue weighted by molar-refractivity contribution is -0.386. The van der Waals surface area contributed by atoms with Gasteiger partial charge in [0.05, 0.1) is 4.92 Å². The molecule has 15 heavy (non-hydrogen) atoms. The maximum Gasteiger partial charge on any atom is 0.294 e. The number of hydrogen-bond acceptors (Lipinski definition) is 3. The summed E-state index contributed by atoms with van der Waals surface area (Å²) in [5.41, 5.74) is 1.80. The third-order valence-corrected chi connectivity index (χ3v) is 2.70. The Morgan fingerprint density at radius 1 is 1.60 bits per heavy atom. The molecule has 1 aromatic rings. The third-order valence-electron chi connectivity index (χ3n) is 2.70. The minimum atomic E-state index is -0.272. The predicted molar refractivity (Wildman–Crippen MR) is 56.9 cm³/mol. The van der Waals surface area contributed by atoms with Crippen molar-refractivity contribution >= 4 is 5.69 Å². The molecule has 0 N–H and O–H groups in total. The van der Waals surface area contributed by atoms with E-state index in [4.69, 9.17) is 0 Å². The lowest BCUT2D eigenvalue weighted by atomic mass is 10.1. The first-order valence-corrected chi connectivity index (χ1v) is 5.36. The van der Waals surface area contributed by atoms with E-state index in [0.29, 0.717) is 11.6 Å². The minimum absolute atomic E-state index is 0.266. The zero-order chi connectivity index (χ0) is 10.8. The van der Waals surface area contributed by atoms with Crippen LogP contribution in [0.15, 0.2) is 12.3 Å². The average molecular weight is 206 g/mol. The van der Waals surface area contributed by atoms with Gasteiger partial charge in [-0.05, 0) is 25.3 Å². The molecule has 0 unspecified atom stereocenters. The summed E-state index contributed by atoms with van der Waals surface area (Å²) in [7, 11) is 0. The molecule has 2 rings (SSSR count). The Kier molecular flexibility index (Phi) is 2.66. The fourth-order valence-electron chi connectivity index (χ4n) is 1.85. The van der Waals surface area contributed by atoms with Crippen molar-refractivity contribution in [2.45, 2.75) is 38.5 Å².